The predicted octanol–water partition coefficient (Wildman–Crippen LogP) is 2.19. The van der Waals surface area contributed by atoms with Crippen LogP contribution in [0.2, 0.25) is 0 Å². The van der Waals surface area contributed by atoms with Crippen LogP contribution in [0.25, 0.3) is 4.85 Å². The van der Waals surface area contributed by atoms with E-state index in [0.717, 1.165) is 4.90 Å². The molecule has 20 heavy (non-hydrogen) atoms. The molecule has 0 aromatic rings. The van der Waals surface area contributed by atoms with Crippen molar-refractivity contribution < 1.29 is 18.0 Å². The van der Waals surface area contributed by atoms with Crippen molar-refractivity contribution in [1.29, 1.82) is 0 Å². The van der Waals surface area contributed by atoms with Crippen molar-refractivity contribution in [3.8, 4) is 0 Å². The number of likely N-dealkylation sites (N-methyl/N-ethyl adjacent to an activating group) is 2. The molecule has 1 atom stereocenters. The molecule has 0 aliphatic heterocycles. The first kappa shape index (κ1) is 18.4. The van der Waals surface area contributed by atoms with E-state index in [4.69, 9.17) is 6.57 Å². The minimum Gasteiger partial charge on any atom is -0.329 e. The number of carbonyl (C=O) groups excluding carboxylic acids is 1. The molecule has 114 valence electrons. The Kier molecular flexibility index (Phi) is 7.92. The van der Waals surface area contributed by atoms with Gasteiger partial charge in [-0.25, -0.2) is 6.57 Å². The van der Waals surface area contributed by atoms with Gasteiger partial charge in [0.25, 0.3) is 0 Å². The van der Waals surface area contributed by atoms with Crippen LogP contribution in [0.4, 0.5) is 13.2 Å². The summed E-state index contributed by atoms with van der Waals surface area (Å²) >= 11 is 0. The number of halogens is 3. The molecule has 4 nitrogen and oxygen atoms in total. The summed E-state index contributed by atoms with van der Waals surface area (Å²) in [6.45, 7) is 10.0. The Balaban J connectivity index is 4.37. The van der Waals surface area contributed by atoms with Crippen LogP contribution in [0.15, 0.2) is 12.2 Å². The summed E-state index contributed by atoms with van der Waals surface area (Å²) < 4.78 is 36.3. The largest absolute Gasteiger partial charge is 0.401 e. The summed E-state index contributed by atoms with van der Waals surface area (Å²) in [7, 11) is 1.33. The second-order valence-electron chi connectivity index (χ2n) is 4.53. The summed E-state index contributed by atoms with van der Waals surface area (Å²) in [5.74, 6) is -0.288. The van der Waals surface area contributed by atoms with Crippen LogP contribution in [-0.2, 0) is 4.79 Å². The zero-order valence-electron chi connectivity index (χ0n) is 11.9. The third-order valence-electron chi connectivity index (χ3n) is 2.64. The number of hydrogen-bond acceptors (Lipinski definition) is 2. The number of alkyl halides is 3. The Bertz CT molecular complexity index is 374. The van der Waals surface area contributed by atoms with Crippen molar-refractivity contribution in [3.63, 3.8) is 0 Å². The lowest BCUT2D eigenvalue weighted by Crippen LogP contribution is -2.39. The maximum atomic E-state index is 12.1. The highest BCUT2D eigenvalue weighted by atomic mass is 19.4. The van der Waals surface area contributed by atoms with Crippen LogP contribution in [0.3, 0.4) is 0 Å². The number of hydrogen-bond donors (Lipinski definition) is 0. The summed E-state index contributed by atoms with van der Waals surface area (Å²) in [5, 5.41) is 0. The van der Waals surface area contributed by atoms with E-state index in [2.05, 4.69) is 4.85 Å². The van der Waals surface area contributed by atoms with Crippen LogP contribution in [-0.4, -0.2) is 61.2 Å². The predicted molar refractivity (Wildman–Crippen MR) is 71.0 cm³/mol. The topological polar surface area (TPSA) is 27.9 Å². The SMILES string of the molecule is [C-]#[N+]C[C@@H](C)N(CC)C(=O)/C=C/CN(C)CC(F)(F)F. The normalized spacial score (nSPS) is 13.5. The van der Waals surface area contributed by atoms with E-state index in [1.54, 1.807) is 13.8 Å². The first-order valence-electron chi connectivity index (χ1n) is 6.27. The molecule has 0 heterocycles. The zero-order chi connectivity index (χ0) is 15.8. The van der Waals surface area contributed by atoms with Crippen molar-refractivity contribution >= 4 is 5.91 Å². The third-order valence-corrected chi connectivity index (χ3v) is 2.64. The molecule has 0 unspecified atom stereocenters. The average molecular weight is 291 g/mol. The summed E-state index contributed by atoms with van der Waals surface area (Å²) in [4.78, 5) is 17.7. The monoisotopic (exact) mass is 291 g/mol. The van der Waals surface area contributed by atoms with Gasteiger partial charge >= 0.3 is 6.18 Å². The Morgan fingerprint density at radius 2 is 2.05 bits per heavy atom. The summed E-state index contributed by atoms with van der Waals surface area (Å²) in [6, 6.07) is -0.206. The molecule has 0 bridgehead atoms. The Hall–Kier alpha value is -1.55. The quantitative estimate of drug-likeness (QED) is 0.531. The maximum absolute atomic E-state index is 12.1. The van der Waals surface area contributed by atoms with Crippen LogP contribution < -0.4 is 0 Å². The fourth-order valence-electron chi connectivity index (χ4n) is 1.72. The van der Waals surface area contributed by atoms with Gasteiger partial charge < -0.3 is 9.74 Å². The molecule has 0 radical (unpaired) electrons. The van der Waals surface area contributed by atoms with Gasteiger partial charge in [-0.2, -0.15) is 13.2 Å². The van der Waals surface area contributed by atoms with E-state index >= 15 is 0 Å². The molecule has 0 rings (SSSR count). The highest BCUT2D eigenvalue weighted by Crippen LogP contribution is 2.15. The van der Waals surface area contributed by atoms with E-state index in [0.29, 0.717) is 6.54 Å². The Morgan fingerprint density at radius 1 is 1.45 bits per heavy atom. The molecule has 0 saturated heterocycles. The second-order valence-corrected chi connectivity index (χ2v) is 4.53. The molecule has 0 aliphatic rings. The van der Waals surface area contributed by atoms with Crippen molar-refractivity contribution in [2.45, 2.75) is 26.1 Å². The summed E-state index contributed by atoms with van der Waals surface area (Å²) in [6.07, 6.45) is -1.58. The molecule has 0 aromatic carbocycles. The minimum absolute atomic E-state index is 0.0417. The fraction of sp³-hybridized carbons (Fsp3) is 0.692. The first-order chi connectivity index (χ1) is 9.21. The zero-order valence-corrected chi connectivity index (χ0v) is 11.9. The Labute approximate surface area is 117 Å². The van der Waals surface area contributed by atoms with Crippen molar-refractivity contribution in [2.75, 3.05) is 33.2 Å². The van der Waals surface area contributed by atoms with Crippen LogP contribution in [0, 0.1) is 6.57 Å². The number of carbonyl (C=O) groups is 1. The van der Waals surface area contributed by atoms with Gasteiger partial charge in [-0.3, -0.25) is 9.69 Å². The standard InChI is InChI=1S/C13H20F3N3O/c1-5-19(11(2)9-17-3)12(20)7-6-8-18(4)10-13(14,15)16/h6-7,11H,5,8-10H2,1-2,4H3/b7-6+/t11-/m1/s1. The highest BCUT2D eigenvalue weighted by Gasteiger charge is 2.28. The van der Waals surface area contributed by atoms with Crippen LogP contribution in [0.5, 0.6) is 0 Å². The van der Waals surface area contributed by atoms with Gasteiger partial charge in [0, 0.05) is 19.2 Å². The molecular weight excluding hydrogens is 271 g/mol. The second kappa shape index (κ2) is 8.59. The molecule has 7 heteroatoms. The van der Waals surface area contributed by atoms with Gasteiger partial charge in [-0.15, -0.1) is 0 Å². The molecular formula is C13H20F3N3O. The Morgan fingerprint density at radius 3 is 2.50 bits per heavy atom. The molecule has 0 aliphatic carbocycles. The van der Waals surface area contributed by atoms with Gasteiger partial charge in [0.2, 0.25) is 12.5 Å². The van der Waals surface area contributed by atoms with E-state index in [1.165, 1.54) is 24.1 Å². The van der Waals surface area contributed by atoms with Crippen LogP contribution in [0.1, 0.15) is 13.8 Å². The third kappa shape index (κ3) is 7.79. The lowest BCUT2D eigenvalue weighted by Gasteiger charge is -2.23. The van der Waals surface area contributed by atoms with Crippen LogP contribution >= 0.6 is 0 Å². The van der Waals surface area contributed by atoms with Gasteiger partial charge in [0.15, 0.2) is 0 Å². The van der Waals surface area contributed by atoms with Crippen molar-refractivity contribution in [2.24, 2.45) is 0 Å². The molecule has 0 fully saturated rings. The molecule has 0 aromatic heterocycles. The van der Waals surface area contributed by atoms with Gasteiger partial charge in [-0.1, -0.05) is 6.08 Å². The first-order valence-corrected chi connectivity index (χ1v) is 6.27. The van der Waals surface area contributed by atoms with E-state index in [-0.39, 0.29) is 25.0 Å². The number of amides is 1. The van der Waals surface area contributed by atoms with Gasteiger partial charge in [-0.05, 0) is 20.9 Å². The van der Waals surface area contributed by atoms with E-state index in [9.17, 15) is 18.0 Å². The highest BCUT2D eigenvalue weighted by molar-refractivity contribution is 5.87. The number of rotatable bonds is 7. The van der Waals surface area contributed by atoms with E-state index < -0.39 is 12.7 Å². The molecule has 0 N–H and O–H groups in total. The average Bonchev–Trinajstić information content (AvgIpc) is 2.27. The summed E-state index contributed by atoms with van der Waals surface area (Å²) in [5.41, 5.74) is 0. The van der Waals surface area contributed by atoms with Gasteiger partial charge in [0.05, 0.1) is 6.54 Å². The smallest absolute Gasteiger partial charge is 0.329 e. The lowest BCUT2D eigenvalue weighted by atomic mass is 10.2. The number of nitrogens with zero attached hydrogens (tertiary/aromatic N) is 3. The van der Waals surface area contributed by atoms with Crippen molar-refractivity contribution in [3.05, 3.63) is 23.6 Å². The van der Waals surface area contributed by atoms with Crippen molar-refractivity contribution in [1.82, 2.24) is 9.80 Å². The van der Waals surface area contributed by atoms with Gasteiger partial charge in [0.1, 0.15) is 6.04 Å². The maximum Gasteiger partial charge on any atom is 0.401 e. The van der Waals surface area contributed by atoms with E-state index in [1.807, 2.05) is 0 Å². The molecule has 0 saturated carbocycles. The fourth-order valence-corrected chi connectivity index (χ4v) is 1.72. The molecule has 0 spiro atoms. The minimum atomic E-state index is -4.24. The molecule has 1 amide bonds. The lowest BCUT2D eigenvalue weighted by molar-refractivity contribution is -0.141.